The molecule has 110 valence electrons. The summed E-state index contributed by atoms with van der Waals surface area (Å²) in [5, 5.41) is 0. The number of nitrogens with zero attached hydrogens (tertiary/aromatic N) is 1. The van der Waals surface area contributed by atoms with E-state index < -0.39 is 0 Å². The molecule has 0 bridgehead atoms. The van der Waals surface area contributed by atoms with Gasteiger partial charge in [0.05, 0.1) is 0 Å². The molecule has 1 heterocycles. The molecular formula is C16H29NO2. The molecule has 3 nitrogen and oxygen atoms in total. The largest absolute Gasteiger partial charge is 0.300 e. The maximum absolute atomic E-state index is 11.4. The molecule has 0 aliphatic carbocycles. The Morgan fingerprint density at radius 1 is 0.895 bits per heavy atom. The van der Waals surface area contributed by atoms with Gasteiger partial charge in [0.25, 0.3) is 0 Å². The van der Waals surface area contributed by atoms with Crippen molar-refractivity contribution >= 4 is 11.6 Å². The standard InChI is InChI=1S/C10H11NO2.3C2H6/c1-8(12)2-3-10(13)9-4-6-11-7-5-9;3*1-2/h4-7H,2-3H2,1H3;3*1-2H3. The highest BCUT2D eigenvalue weighted by Gasteiger charge is 2.05. The zero-order valence-electron chi connectivity index (χ0n) is 13.5. The minimum Gasteiger partial charge on any atom is -0.300 e. The number of carbonyl (C=O) groups excluding carboxylic acids is 2. The summed E-state index contributed by atoms with van der Waals surface area (Å²) in [6, 6.07) is 3.31. The van der Waals surface area contributed by atoms with Crippen molar-refractivity contribution in [1.29, 1.82) is 0 Å². The molecule has 0 spiro atoms. The van der Waals surface area contributed by atoms with E-state index >= 15 is 0 Å². The van der Waals surface area contributed by atoms with Gasteiger partial charge in [-0.25, -0.2) is 0 Å². The normalized spacial score (nSPS) is 7.53. The van der Waals surface area contributed by atoms with Crippen molar-refractivity contribution < 1.29 is 9.59 Å². The van der Waals surface area contributed by atoms with Gasteiger partial charge in [-0.05, 0) is 19.1 Å². The van der Waals surface area contributed by atoms with E-state index in [2.05, 4.69) is 4.98 Å². The van der Waals surface area contributed by atoms with Crippen LogP contribution < -0.4 is 0 Å². The van der Waals surface area contributed by atoms with Gasteiger partial charge in [0.15, 0.2) is 5.78 Å². The van der Waals surface area contributed by atoms with Gasteiger partial charge in [-0.3, -0.25) is 9.78 Å². The lowest BCUT2D eigenvalue weighted by Crippen LogP contribution is -2.01. The van der Waals surface area contributed by atoms with E-state index in [0.717, 1.165) is 0 Å². The molecule has 0 aliphatic rings. The Morgan fingerprint density at radius 3 is 1.68 bits per heavy atom. The van der Waals surface area contributed by atoms with Crippen LogP contribution in [0, 0.1) is 0 Å². The molecule has 0 amide bonds. The molecule has 1 aromatic rings. The fourth-order valence-electron chi connectivity index (χ4n) is 0.972. The Bertz CT molecular complexity index is 308. The summed E-state index contributed by atoms with van der Waals surface area (Å²) < 4.78 is 0. The zero-order valence-corrected chi connectivity index (χ0v) is 13.5. The fraction of sp³-hybridized carbons (Fsp3) is 0.562. The van der Waals surface area contributed by atoms with Gasteiger partial charge < -0.3 is 4.79 Å². The van der Waals surface area contributed by atoms with Gasteiger partial charge in [-0.2, -0.15) is 0 Å². The van der Waals surface area contributed by atoms with Gasteiger partial charge in [0.2, 0.25) is 0 Å². The summed E-state index contributed by atoms with van der Waals surface area (Å²) in [5.74, 6) is 0.0417. The lowest BCUT2D eigenvalue weighted by atomic mass is 10.1. The molecule has 0 atom stereocenters. The number of ketones is 2. The summed E-state index contributed by atoms with van der Waals surface area (Å²) in [4.78, 5) is 25.8. The van der Waals surface area contributed by atoms with Crippen LogP contribution in [0.3, 0.4) is 0 Å². The van der Waals surface area contributed by atoms with Crippen LogP contribution in [-0.4, -0.2) is 16.6 Å². The summed E-state index contributed by atoms with van der Waals surface area (Å²) in [6.45, 7) is 13.5. The van der Waals surface area contributed by atoms with Crippen molar-refractivity contribution in [3.8, 4) is 0 Å². The van der Waals surface area contributed by atoms with E-state index in [1.165, 1.54) is 6.92 Å². The van der Waals surface area contributed by atoms with Crippen molar-refractivity contribution in [2.24, 2.45) is 0 Å². The Kier molecular flexibility index (Phi) is 22.5. The Balaban J connectivity index is -0.000000375. The monoisotopic (exact) mass is 267 g/mol. The van der Waals surface area contributed by atoms with Crippen molar-refractivity contribution in [2.45, 2.75) is 61.3 Å². The third kappa shape index (κ3) is 14.4. The maximum Gasteiger partial charge on any atom is 0.163 e. The minimum absolute atomic E-state index is 0.00222. The molecule has 0 fully saturated rings. The average Bonchev–Trinajstić information content (AvgIpc) is 2.51. The molecule has 19 heavy (non-hydrogen) atoms. The van der Waals surface area contributed by atoms with Crippen LogP contribution in [-0.2, 0) is 4.79 Å². The number of aromatic nitrogens is 1. The molecular weight excluding hydrogens is 238 g/mol. The first-order valence-corrected chi connectivity index (χ1v) is 7.13. The van der Waals surface area contributed by atoms with E-state index in [4.69, 9.17) is 0 Å². The van der Waals surface area contributed by atoms with Crippen LogP contribution in [0.5, 0.6) is 0 Å². The molecule has 1 aromatic heterocycles. The highest BCUT2D eigenvalue weighted by molar-refractivity contribution is 5.97. The van der Waals surface area contributed by atoms with Crippen LogP contribution in [0.4, 0.5) is 0 Å². The number of Topliss-reactive ketones (excluding diaryl/α,β-unsaturated/α-hetero) is 2. The first kappa shape index (κ1) is 22.7. The predicted molar refractivity (Wildman–Crippen MR) is 82.5 cm³/mol. The Labute approximate surface area is 118 Å². The zero-order chi connectivity index (χ0) is 15.7. The van der Waals surface area contributed by atoms with Crippen LogP contribution >= 0.6 is 0 Å². The number of pyridine rings is 1. The summed E-state index contributed by atoms with van der Waals surface area (Å²) in [7, 11) is 0. The highest BCUT2D eigenvalue weighted by Crippen LogP contribution is 2.03. The highest BCUT2D eigenvalue weighted by atomic mass is 16.1. The van der Waals surface area contributed by atoms with Gasteiger partial charge in [0.1, 0.15) is 5.78 Å². The maximum atomic E-state index is 11.4. The van der Waals surface area contributed by atoms with E-state index in [9.17, 15) is 9.59 Å². The first-order chi connectivity index (χ1) is 9.20. The smallest absolute Gasteiger partial charge is 0.163 e. The van der Waals surface area contributed by atoms with Crippen molar-refractivity contribution in [3.63, 3.8) is 0 Å². The molecule has 0 N–H and O–H groups in total. The van der Waals surface area contributed by atoms with E-state index in [0.29, 0.717) is 18.4 Å². The van der Waals surface area contributed by atoms with Crippen LogP contribution in [0.15, 0.2) is 24.5 Å². The number of carbonyl (C=O) groups is 2. The SMILES string of the molecule is CC.CC.CC.CC(=O)CCC(=O)c1ccncc1. The van der Waals surface area contributed by atoms with Crippen molar-refractivity contribution in [1.82, 2.24) is 4.98 Å². The fourth-order valence-corrected chi connectivity index (χ4v) is 0.972. The average molecular weight is 267 g/mol. The molecule has 0 unspecified atom stereocenters. The second kappa shape index (κ2) is 18.8. The lowest BCUT2D eigenvalue weighted by Gasteiger charge is -1.97. The molecule has 0 aliphatic heterocycles. The summed E-state index contributed by atoms with van der Waals surface area (Å²) in [5.41, 5.74) is 0.622. The van der Waals surface area contributed by atoms with Crippen LogP contribution in [0.2, 0.25) is 0 Å². The third-order valence-electron chi connectivity index (χ3n) is 1.71. The first-order valence-electron chi connectivity index (χ1n) is 7.13. The second-order valence-electron chi connectivity index (χ2n) is 2.86. The number of rotatable bonds is 4. The summed E-state index contributed by atoms with van der Waals surface area (Å²) in [6.07, 6.45) is 3.75. The summed E-state index contributed by atoms with van der Waals surface area (Å²) >= 11 is 0. The van der Waals surface area contributed by atoms with Gasteiger partial charge in [-0.1, -0.05) is 41.5 Å². The molecule has 0 saturated carbocycles. The lowest BCUT2D eigenvalue weighted by molar-refractivity contribution is -0.116. The van der Waals surface area contributed by atoms with E-state index in [-0.39, 0.29) is 11.6 Å². The number of hydrogen-bond donors (Lipinski definition) is 0. The predicted octanol–water partition coefficient (Wildman–Crippen LogP) is 4.71. The molecule has 0 radical (unpaired) electrons. The molecule has 0 aromatic carbocycles. The van der Waals surface area contributed by atoms with Crippen LogP contribution in [0.1, 0.15) is 71.7 Å². The molecule has 1 rings (SSSR count). The quantitative estimate of drug-likeness (QED) is 0.742. The van der Waals surface area contributed by atoms with Gasteiger partial charge >= 0.3 is 0 Å². The van der Waals surface area contributed by atoms with E-state index in [1.807, 2.05) is 41.5 Å². The van der Waals surface area contributed by atoms with Gasteiger partial charge in [-0.15, -0.1) is 0 Å². The molecule has 3 heteroatoms. The van der Waals surface area contributed by atoms with E-state index in [1.54, 1.807) is 24.5 Å². The molecule has 0 saturated heterocycles. The topological polar surface area (TPSA) is 47.0 Å². The van der Waals surface area contributed by atoms with Crippen molar-refractivity contribution in [2.75, 3.05) is 0 Å². The minimum atomic E-state index is -0.00222. The van der Waals surface area contributed by atoms with Crippen molar-refractivity contribution in [3.05, 3.63) is 30.1 Å². The third-order valence-corrected chi connectivity index (χ3v) is 1.71. The Morgan fingerprint density at radius 2 is 1.32 bits per heavy atom. The van der Waals surface area contributed by atoms with Gasteiger partial charge in [0, 0.05) is 30.8 Å². The Hall–Kier alpha value is -1.51. The second-order valence-corrected chi connectivity index (χ2v) is 2.86. The van der Waals surface area contributed by atoms with Crippen LogP contribution in [0.25, 0.3) is 0 Å². The number of hydrogen-bond acceptors (Lipinski definition) is 3.